The lowest BCUT2D eigenvalue weighted by Gasteiger charge is -2.11. The van der Waals surface area contributed by atoms with Gasteiger partial charge in [0.25, 0.3) is 10.0 Å². The van der Waals surface area contributed by atoms with Gasteiger partial charge < -0.3 is 4.74 Å². The highest BCUT2D eigenvalue weighted by Crippen LogP contribution is 2.26. The second-order valence-electron chi connectivity index (χ2n) is 4.59. The molecule has 0 unspecified atom stereocenters. The summed E-state index contributed by atoms with van der Waals surface area (Å²) >= 11 is 5.91. The van der Waals surface area contributed by atoms with Crippen LogP contribution in [-0.2, 0) is 10.0 Å². The largest absolute Gasteiger partial charge is 0.573 e. The number of sulfonamides is 1. The predicted octanol–water partition coefficient (Wildman–Crippen LogP) is 4.35. The van der Waals surface area contributed by atoms with Crippen molar-refractivity contribution in [2.24, 2.45) is 0 Å². The molecule has 0 aliphatic carbocycles. The second-order valence-corrected chi connectivity index (χ2v) is 6.68. The van der Waals surface area contributed by atoms with Gasteiger partial charge in [-0.15, -0.1) is 13.2 Å². The third kappa shape index (κ3) is 4.77. The zero-order valence-electron chi connectivity index (χ0n) is 11.7. The maximum Gasteiger partial charge on any atom is 0.573 e. The number of hydrogen-bond acceptors (Lipinski definition) is 3. The number of halogens is 4. The van der Waals surface area contributed by atoms with Gasteiger partial charge in [-0.05, 0) is 48.9 Å². The van der Waals surface area contributed by atoms with Gasteiger partial charge in [-0.2, -0.15) is 0 Å². The van der Waals surface area contributed by atoms with Crippen molar-refractivity contribution in [3.8, 4) is 5.75 Å². The molecule has 23 heavy (non-hydrogen) atoms. The number of nitrogens with one attached hydrogen (secondary N) is 1. The molecule has 0 aliphatic heterocycles. The Bertz CT molecular complexity index is 805. The number of alkyl halides is 3. The van der Waals surface area contributed by atoms with Crippen molar-refractivity contribution in [1.29, 1.82) is 0 Å². The number of rotatable bonds is 4. The highest BCUT2D eigenvalue weighted by atomic mass is 35.5. The molecule has 0 amide bonds. The minimum absolute atomic E-state index is 0.205. The average Bonchev–Trinajstić information content (AvgIpc) is 2.41. The Morgan fingerprint density at radius 2 is 1.70 bits per heavy atom. The number of aryl methyl sites for hydroxylation is 1. The summed E-state index contributed by atoms with van der Waals surface area (Å²) in [6.07, 6.45) is -4.84. The van der Waals surface area contributed by atoms with E-state index >= 15 is 0 Å². The molecule has 0 saturated carbocycles. The Balaban J connectivity index is 2.20. The fourth-order valence-electron chi connectivity index (χ4n) is 1.69. The van der Waals surface area contributed by atoms with Crippen LogP contribution < -0.4 is 9.46 Å². The Hall–Kier alpha value is -1.93. The quantitative estimate of drug-likeness (QED) is 0.876. The summed E-state index contributed by atoms with van der Waals surface area (Å²) in [6.45, 7) is 1.76. The first kappa shape index (κ1) is 17.4. The summed E-state index contributed by atoms with van der Waals surface area (Å²) in [7, 11) is -3.95. The number of anilines is 1. The van der Waals surface area contributed by atoms with E-state index < -0.39 is 22.1 Å². The molecule has 0 radical (unpaired) electrons. The summed E-state index contributed by atoms with van der Waals surface area (Å²) in [4.78, 5) is -0.205. The molecule has 2 aromatic carbocycles. The van der Waals surface area contributed by atoms with Crippen LogP contribution in [0.1, 0.15) is 5.56 Å². The van der Waals surface area contributed by atoms with Crippen LogP contribution in [0.5, 0.6) is 5.75 Å². The van der Waals surface area contributed by atoms with Crippen LogP contribution in [0.25, 0.3) is 0 Å². The fourth-order valence-corrected chi connectivity index (χ4v) is 2.92. The first-order chi connectivity index (χ1) is 10.6. The average molecular weight is 366 g/mol. The molecule has 0 atom stereocenters. The standard InChI is InChI=1S/C14H11ClF3NO3S/c1-9-2-3-10(8-13(9)15)19-23(20,21)12-6-4-11(5-7-12)22-14(16,17)18/h2-8,19H,1H3. The fraction of sp³-hybridized carbons (Fsp3) is 0.143. The van der Waals surface area contributed by atoms with Gasteiger partial charge in [-0.25, -0.2) is 8.42 Å². The maximum atomic E-state index is 12.2. The molecular formula is C14H11ClF3NO3S. The zero-order valence-corrected chi connectivity index (χ0v) is 13.3. The molecule has 1 N–H and O–H groups in total. The van der Waals surface area contributed by atoms with Gasteiger partial charge in [0.15, 0.2) is 0 Å². The molecule has 4 nitrogen and oxygen atoms in total. The first-order valence-corrected chi connectivity index (χ1v) is 8.08. The zero-order chi connectivity index (χ0) is 17.3. The van der Waals surface area contributed by atoms with E-state index in [1.165, 1.54) is 12.1 Å². The van der Waals surface area contributed by atoms with Crippen LogP contribution in [-0.4, -0.2) is 14.8 Å². The van der Waals surface area contributed by atoms with Crippen LogP contribution in [0.3, 0.4) is 0 Å². The van der Waals surface area contributed by atoms with E-state index in [0.29, 0.717) is 5.02 Å². The van der Waals surface area contributed by atoms with E-state index in [9.17, 15) is 21.6 Å². The number of ether oxygens (including phenoxy) is 1. The topological polar surface area (TPSA) is 55.4 Å². The molecule has 0 aliphatic rings. The molecule has 0 bridgehead atoms. The van der Waals surface area contributed by atoms with Crippen LogP contribution >= 0.6 is 11.6 Å². The second kappa shape index (κ2) is 6.29. The summed E-state index contributed by atoms with van der Waals surface area (Å²) in [5, 5.41) is 0.388. The SMILES string of the molecule is Cc1ccc(NS(=O)(=O)c2ccc(OC(F)(F)F)cc2)cc1Cl. The van der Waals surface area contributed by atoms with E-state index in [2.05, 4.69) is 9.46 Å². The van der Waals surface area contributed by atoms with Crippen LogP contribution in [0, 0.1) is 6.92 Å². The Labute approximate surface area is 135 Å². The highest BCUT2D eigenvalue weighted by molar-refractivity contribution is 7.92. The molecule has 124 valence electrons. The van der Waals surface area contributed by atoms with E-state index in [1.807, 2.05) is 0 Å². The van der Waals surface area contributed by atoms with Gasteiger partial charge in [-0.3, -0.25) is 4.72 Å². The summed E-state index contributed by atoms with van der Waals surface area (Å²) < 4.78 is 66.5. The molecule has 9 heteroatoms. The van der Waals surface area contributed by atoms with Crippen LogP contribution in [0.15, 0.2) is 47.4 Å². The summed E-state index contributed by atoms with van der Waals surface area (Å²) in [6, 6.07) is 8.47. The van der Waals surface area contributed by atoms with Crippen molar-refractivity contribution >= 4 is 27.3 Å². The third-order valence-electron chi connectivity index (χ3n) is 2.79. The van der Waals surface area contributed by atoms with Gasteiger partial charge in [0.2, 0.25) is 0 Å². The molecular weight excluding hydrogens is 355 g/mol. The van der Waals surface area contributed by atoms with E-state index in [-0.39, 0.29) is 10.6 Å². The normalized spacial score (nSPS) is 12.0. The van der Waals surface area contributed by atoms with E-state index in [0.717, 1.165) is 29.8 Å². The van der Waals surface area contributed by atoms with Gasteiger partial charge in [0, 0.05) is 5.02 Å². The van der Waals surface area contributed by atoms with Gasteiger partial charge in [0.05, 0.1) is 10.6 Å². The lowest BCUT2D eigenvalue weighted by atomic mass is 10.2. The molecule has 0 fully saturated rings. The van der Waals surface area contributed by atoms with Crippen LogP contribution in [0.4, 0.5) is 18.9 Å². The minimum atomic E-state index is -4.84. The van der Waals surface area contributed by atoms with Crippen molar-refractivity contribution in [3.63, 3.8) is 0 Å². The number of benzene rings is 2. The number of hydrogen-bond donors (Lipinski definition) is 1. The smallest absolute Gasteiger partial charge is 0.406 e. The Morgan fingerprint density at radius 3 is 2.22 bits per heavy atom. The molecule has 0 spiro atoms. The molecule has 0 aromatic heterocycles. The van der Waals surface area contributed by atoms with Crippen LogP contribution in [0.2, 0.25) is 5.02 Å². The van der Waals surface area contributed by atoms with Gasteiger partial charge in [-0.1, -0.05) is 17.7 Å². The maximum absolute atomic E-state index is 12.2. The van der Waals surface area contributed by atoms with Gasteiger partial charge in [0.1, 0.15) is 5.75 Å². The van der Waals surface area contributed by atoms with Crippen molar-refractivity contribution in [3.05, 3.63) is 53.1 Å². The van der Waals surface area contributed by atoms with E-state index in [4.69, 9.17) is 11.6 Å². The van der Waals surface area contributed by atoms with Crippen molar-refractivity contribution in [2.45, 2.75) is 18.2 Å². The molecule has 2 rings (SSSR count). The molecule has 0 saturated heterocycles. The minimum Gasteiger partial charge on any atom is -0.406 e. The van der Waals surface area contributed by atoms with E-state index in [1.54, 1.807) is 13.0 Å². The summed E-state index contributed by atoms with van der Waals surface area (Å²) in [5.41, 5.74) is 1.03. The Morgan fingerprint density at radius 1 is 1.09 bits per heavy atom. The van der Waals surface area contributed by atoms with Gasteiger partial charge >= 0.3 is 6.36 Å². The monoisotopic (exact) mass is 365 g/mol. The molecule has 2 aromatic rings. The third-order valence-corrected chi connectivity index (χ3v) is 4.60. The van der Waals surface area contributed by atoms with Crippen molar-refractivity contribution in [1.82, 2.24) is 0 Å². The lowest BCUT2D eigenvalue weighted by molar-refractivity contribution is -0.274. The summed E-state index contributed by atoms with van der Waals surface area (Å²) in [5.74, 6) is -0.505. The Kier molecular flexibility index (Phi) is 4.76. The first-order valence-electron chi connectivity index (χ1n) is 6.22. The lowest BCUT2D eigenvalue weighted by Crippen LogP contribution is -2.17. The predicted molar refractivity (Wildman–Crippen MR) is 80.1 cm³/mol. The highest BCUT2D eigenvalue weighted by Gasteiger charge is 2.31. The molecule has 0 heterocycles. The van der Waals surface area contributed by atoms with Crippen molar-refractivity contribution in [2.75, 3.05) is 4.72 Å². The van der Waals surface area contributed by atoms with Crippen molar-refractivity contribution < 1.29 is 26.3 Å².